The number of anilines is 1. The van der Waals surface area contributed by atoms with Crippen LogP contribution in [0.25, 0.3) is 0 Å². The molecule has 186 valence electrons. The summed E-state index contributed by atoms with van der Waals surface area (Å²) >= 11 is 0. The molecule has 0 radical (unpaired) electrons. The first-order valence-corrected chi connectivity index (χ1v) is 12.0. The topological polar surface area (TPSA) is 84.9 Å². The van der Waals surface area contributed by atoms with Gasteiger partial charge in [-0.2, -0.15) is 0 Å². The first-order valence-electron chi connectivity index (χ1n) is 12.0. The fourth-order valence-electron chi connectivity index (χ4n) is 4.09. The van der Waals surface area contributed by atoms with E-state index in [9.17, 15) is 14.4 Å². The third-order valence-electron chi connectivity index (χ3n) is 6.34. The van der Waals surface area contributed by atoms with Crippen molar-refractivity contribution in [2.75, 3.05) is 18.1 Å². The van der Waals surface area contributed by atoms with Crippen LogP contribution in [0.5, 0.6) is 11.5 Å². The number of hydrogen-bond donors (Lipinski definition) is 1. The zero-order valence-corrected chi connectivity index (χ0v) is 20.7. The normalized spacial score (nSPS) is 15.9. The van der Waals surface area contributed by atoms with Crippen molar-refractivity contribution in [3.8, 4) is 11.5 Å². The molecule has 0 aliphatic carbocycles. The lowest BCUT2D eigenvalue weighted by Gasteiger charge is -2.17. The zero-order valence-electron chi connectivity index (χ0n) is 20.7. The lowest BCUT2D eigenvalue weighted by Crippen LogP contribution is -2.32. The lowest BCUT2D eigenvalue weighted by atomic mass is 10.1. The molecule has 2 atom stereocenters. The SMILES string of the molecule is Cc1ccc(Oc2ccc(N3C[C@H](C(=O)OCC(=O)N[C@@H](C)c4ccccc4)CC3=O)cc2)cc1C. The van der Waals surface area contributed by atoms with Gasteiger partial charge >= 0.3 is 5.97 Å². The molecule has 4 rings (SSSR count). The Balaban J connectivity index is 1.28. The molecule has 3 aromatic rings. The Kier molecular flexibility index (Phi) is 7.68. The second-order valence-corrected chi connectivity index (χ2v) is 9.06. The number of hydrogen-bond acceptors (Lipinski definition) is 5. The van der Waals surface area contributed by atoms with Crippen LogP contribution in [0.2, 0.25) is 0 Å². The van der Waals surface area contributed by atoms with Gasteiger partial charge in [-0.15, -0.1) is 0 Å². The number of rotatable bonds is 8. The minimum Gasteiger partial charge on any atom is -0.457 e. The smallest absolute Gasteiger partial charge is 0.311 e. The fourth-order valence-corrected chi connectivity index (χ4v) is 4.09. The largest absolute Gasteiger partial charge is 0.457 e. The molecule has 0 unspecified atom stereocenters. The predicted molar refractivity (Wildman–Crippen MR) is 137 cm³/mol. The maximum atomic E-state index is 12.6. The molecule has 1 aliphatic heterocycles. The van der Waals surface area contributed by atoms with Gasteiger partial charge < -0.3 is 19.7 Å². The maximum Gasteiger partial charge on any atom is 0.311 e. The van der Waals surface area contributed by atoms with E-state index in [1.807, 2.05) is 69.3 Å². The molecular formula is C29H30N2O5. The molecule has 0 aromatic heterocycles. The van der Waals surface area contributed by atoms with Gasteiger partial charge in [-0.3, -0.25) is 14.4 Å². The maximum absolute atomic E-state index is 12.6. The Hall–Kier alpha value is -4.13. The zero-order chi connectivity index (χ0) is 25.7. The summed E-state index contributed by atoms with van der Waals surface area (Å²) < 4.78 is 11.1. The highest BCUT2D eigenvalue weighted by atomic mass is 16.5. The summed E-state index contributed by atoms with van der Waals surface area (Å²) in [6.07, 6.45) is 0.0434. The van der Waals surface area contributed by atoms with Crippen LogP contribution in [0.3, 0.4) is 0 Å². The second-order valence-electron chi connectivity index (χ2n) is 9.06. The van der Waals surface area contributed by atoms with E-state index in [1.54, 1.807) is 29.2 Å². The van der Waals surface area contributed by atoms with Gasteiger partial charge in [-0.05, 0) is 73.9 Å². The molecule has 0 spiro atoms. The number of esters is 1. The molecular weight excluding hydrogens is 456 g/mol. The number of benzene rings is 3. The molecule has 36 heavy (non-hydrogen) atoms. The van der Waals surface area contributed by atoms with E-state index in [0.717, 1.165) is 16.9 Å². The number of aryl methyl sites for hydroxylation is 2. The Labute approximate surface area is 211 Å². The van der Waals surface area contributed by atoms with E-state index in [1.165, 1.54) is 5.56 Å². The van der Waals surface area contributed by atoms with Gasteiger partial charge in [0.05, 0.1) is 12.0 Å². The van der Waals surface area contributed by atoms with Crippen LogP contribution < -0.4 is 15.0 Å². The van der Waals surface area contributed by atoms with Crippen LogP contribution >= 0.6 is 0 Å². The highest BCUT2D eigenvalue weighted by Gasteiger charge is 2.36. The van der Waals surface area contributed by atoms with Crippen LogP contribution in [0, 0.1) is 19.8 Å². The minimum atomic E-state index is -0.622. The van der Waals surface area contributed by atoms with Crippen molar-refractivity contribution in [2.24, 2.45) is 5.92 Å². The van der Waals surface area contributed by atoms with Crippen LogP contribution in [0.1, 0.15) is 36.1 Å². The molecule has 7 nitrogen and oxygen atoms in total. The average Bonchev–Trinajstić information content (AvgIpc) is 3.27. The Morgan fingerprint density at radius 3 is 2.36 bits per heavy atom. The molecule has 7 heteroatoms. The quantitative estimate of drug-likeness (QED) is 0.459. The molecule has 0 bridgehead atoms. The van der Waals surface area contributed by atoms with Gasteiger partial charge in [0.2, 0.25) is 5.91 Å². The summed E-state index contributed by atoms with van der Waals surface area (Å²) in [4.78, 5) is 38.9. The summed E-state index contributed by atoms with van der Waals surface area (Å²) in [5.41, 5.74) is 3.98. The van der Waals surface area contributed by atoms with Gasteiger partial charge in [0, 0.05) is 18.7 Å². The van der Waals surface area contributed by atoms with Crippen LogP contribution in [0.4, 0.5) is 5.69 Å². The van der Waals surface area contributed by atoms with E-state index < -0.39 is 11.9 Å². The number of carbonyl (C=O) groups excluding carboxylic acids is 3. The molecule has 1 fully saturated rings. The third-order valence-corrected chi connectivity index (χ3v) is 6.34. The molecule has 1 aliphatic rings. The molecule has 0 saturated carbocycles. The van der Waals surface area contributed by atoms with E-state index >= 15 is 0 Å². The highest BCUT2D eigenvalue weighted by molar-refractivity contribution is 5.99. The van der Waals surface area contributed by atoms with Crippen LogP contribution in [-0.4, -0.2) is 30.9 Å². The van der Waals surface area contributed by atoms with Crippen molar-refractivity contribution in [1.82, 2.24) is 5.32 Å². The van der Waals surface area contributed by atoms with Crippen molar-refractivity contribution >= 4 is 23.5 Å². The summed E-state index contributed by atoms with van der Waals surface area (Å²) in [6, 6.07) is 22.4. The average molecular weight is 487 g/mol. The van der Waals surface area contributed by atoms with Crippen molar-refractivity contribution in [2.45, 2.75) is 33.2 Å². The molecule has 1 heterocycles. The van der Waals surface area contributed by atoms with Gasteiger partial charge in [-0.1, -0.05) is 36.4 Å². The predicted octanol–water partition coefficient (Wildman–Crippen LogP) is 4.87. The van der Waals surface area contributed by atoms with E-state index in [0.29, 0.717) is 11.4 Å². The lowest BCUT2D eigenvalue weighted by molar-refractivity contribution is -0.152. The summed E-state index contributed by atoms with van der Waals surface area (Å²) in [5.74, 6) is -0.331. The van der Waals surface area contributed by atoms with Gasteiger partial charge in [0.15, 0.2) is 6.61 Å². The van der Waals surface area contributed by atoms with E-state index in [-0.39, 0.29) is 37.4 Å². The van der Waals surface area contributed by atoms with Crippen molar-refractivity contribution in [1.29, 1.82) is 0 Å². The second kappa shape index (κ2) is 11.1. The molecule has 1 saturated heterocycles. The van der Waals surface area contributed by atoms with Gasteiger partial charge in [0.25, 0.3) is 5.91 Å². The monoisotopic (exact) mass is 486 g/mol. The first kappa shape index (κ1) is 25.0. The number of nitrogens with one attached hydrogen (secondary N) is 1. The van der Waals surface area contributed by atoms with Crippen molar-refractivity contribution in [3.63, 3.8) is 0 Å². The fraction of sp³-hybridized carbons (Fsp3) is 0.276. The Morgan fingerprint density at radius 1 is 0.972 bits per heavy atom. The van der Waals surface area contributed by atoms with E-state index in [2.05, 4.69) is 5.32 Å². The Bertz CT molecular complexity index is 1240. The summed E-state index contributed by atoms with van der Waals surface area (Å²) in [6.45, 7) is 5.76. The first-order chi connectivity index (χ1) is 17.3. The van der Waals surface area contributed by atoms with Gasteiger partial charge in [-0.25, -0.2) is 0 Å². The van der Waals surface area contributed by atoms with Crippen LogP contribution in [-0.2, 0) is 19.1 Å². The van der Waals surface area contributed by atoms with E-state index in [4.69, 9.17) is 9.47 Å². The summed E-state index contributed by atoms with van der Waals surface area (Å²) in [5, 5.41) is 2.81. The minimum absolute atomic E-state index is 0.0434. The third kappa shape index (κ3) is 6.10. The van der Waals surface area contributed by atoms with Crippen LogP contribution in [0.15, 0.2) is 72.8 Å². The molecule has 3 aromatic carbocycles. The van der Waals surface area contributed by atoms with Gasteiger partial charge in [0.1, 0.15) is 11.5 Å². The molecule has 1 N–H and O–H groups in total. The Morgan fingerprint density at radius 2 is 1.67 bits per heavy atom. The van der Waals surface area contributed by atoms with Crippen molar-refractivity contribution in [3.05, 3.63) is 89.5 Å². The van der Waals surface area contributed by atoms with Crippen molar-refractivity contribution < 1.29 is 23.9 Å². The molecule has 2 amide bonds. The standard InChI is InChI=1S/C29H30N2O5/c1-19-9-12-26(15-20(19)2)36-25-13-10-24(11-14-25)31-17-23(16-28(31)33)29(34)35-18-27(32)30-21(3)22-7-5-4-6-8-22/h4-15,21,23H,16-18H2,1-3H3,(H,30,32)/t21-,23+/m0/s1. The number of ether oxygens (including phenoxy) is 2. The summed E-state index contributed by atoms with van der Waals surface area (Å²) in [7, 11) is 0. The highest BCUT2D eigenvalue weighted by Crippen LogP contribution is 2.29. The number of nitrogens with zero attached hydrogens (tertiary/aromatic N) is 1. The number of carbonyl (C=O) groups is 3. The number of amides is 2.